The van der Waals surface area contributed by atoms with Gasteiger partial charge in [0.05, 0.1) is 0 Å². The van der Waals surface area contributed by atoms with Crippen molar-refractivity contribution < 1.29 is 0 Å². The SMILES string of the molecule is CSc1nc(SC)nc(Sc2ccccc2S)n1. The van der Waals surface area contributed by atoms with E-state index < -0.39 is 0 Å². The zero-order valence-corrected chi connectivity index (χ0v) is 13.2. The number of thioether (sulfide) groups is 2. The highest BCUT2D eigenvalue weighted by Gasteiger charge is 2.08. The van der Waals surface area contributed by atoms with Crippen molar-refractivity contribution in [3.63, 3.8) is 0 Å². The van der Waals surface area contributed by atoms with Crippen LogP contribution in [0.25, 0.3) is 0 Å². The molecule has 94 valence electrons. The second kappa shape index (κ2) is 6.70. The molecule has 0 spiro atoms. The van der Waals surface area contributed by atoms with Crippen molar-refractivity contribution in [2.75, 3.05) is 12.5 Å². The molecule has 7 heteroatoms. The van der Waals surface area contributed by atoms with E-state index in [0.29, 0.717) is 5.16 Å². The second-order valence-corrected chi connectivity index (χ2v) is 6.20. The van der Waals surface area contributed by atoms with Gasteiger partial charge >= 0.3 is 0 Å². The van der Waals surface area contributed by atoms with Crippen LogP contribution < -0.4 is 0 Å². The van der Waals surface area contributed by atoms with Crippen LogP contribution in [0, 0.1) is 0 Å². The monoisotopic (exact) mass is 313 g/mol. The molecule has 18 heavy (non-hydrogen) atoms. The van der Waals surface area contributed by atoms with Gasteiger partial charge in [0.25, 0.3) is 0 Å². The van der Waals surface area contributed by atoms with Gasteiger partial charge in [0.15, 0.2) is 15.5 Å². The molecule has 1 heterocycles. The summed E-state index contributed by atoms with van der Waals surface area (Å²) >= 11 is 8.97. The van der Waals surface area contributed by atoms with Crippen LogP contribution in [-0.2, 0) is 0 Å². The van der Waals surface area contributed by atoms with Crippen molar-refractivity contribution in [3.8, 4) is 0 Å². The van der Waals surface area contributed by atoms with Gasteiger partial charge in [0.2, 0.25) is 0 Å². The lowest BCUT2D eigenvalue weighted by Crippen LogP contribution is -1.96. The molecule has 0 unspecified atom stereocenters. The number of hydrogen-bond acceptors (Lipinski definition) is 7. The number of benzene rings is 1. The maximum Gasteiger partial charge on any atom is 0.197 e. The quantitative estimate of drug-likeness (QED) is 0.684. The summed E-state index contributed by atoms with van der Waals surface area (Å²) in [5.41, 5.74) is 0. The molecule has 0 saturated carbocycles. The van der Waals surface area contributed by atoms with Crippen molar-refractivity contribution in [1.82, 2.24) is 15.0 Å². The summed E-state index contributed by atoms with van der Waals surface area (Å²) in [6.07, 6.45) is 3.92. The van der Waals surface area contributed by atoms with Crippen molar-refractivity contribution in [2.24, 2.45) is 0 Å². The molecular formula is C11H11N3S4. The third kappa shape index (κ3) is 3.57. The maximum atomic E-state index is 4.42. The molecule has 1 aromatic carbocycles. The van der Waals surface area contributed by atoms with Crippen LogP contribution in [0.15, 0.2) is 49.5 Å². The summed E-state index contributed by atoms with van der Waals surface area (Å²) in [6, 6.07) is 7.90. The van der Waals surface area contributed by atoms with Gasteiger partial charge in [-0.15, -0.1) is 12.6 Å². The Labute approximate surface area is 124 Å². The van der Waals surface area contributed by atoms with Crippen LogP contribution in [0.5, 0.6) is 0 Å². The highest BCUT2D eigenvalue weighted by Crippen LogP contribution is 2.31. The van der Waals surface area contributed by atoms with Gasteiger partial charge in [-0.2, -0.15) is 15.0 Å². The second-order valence-electron chi connectivity index (χ2n) is 3.16. The van der Waals surface area contributed by atoms with Gasteiger partial charge < -0.3 is 0 Å². The Balaban J connectivity index is 2.31. The first-order valence-corrected chi connectivity index (χ1v) is 8.74. The first-order valence-electron chi connectivity index (χ1n) is 5.03. The zero-order chi connectivity index (χ0) is 13.0. The van der Waals surface area contributed by atoms with Crippen LogP contribution in [0.4, 0.5) is 0 Å². The van der Waals surface area contributed by atoms with E-state index in [9.17, 15) is 0 Å². The highest BCUT2D eigenvalue weighted by atomic mass is 32.2. The number of hydrogen-bond donors (Lipinski definition) is 1. The normalized spacial score (nSPS) is 10.6. The van der Waals surface area contributed by atoms with E-state index in [4.69, 9.17) is 0 Å². The summed E-state index contributed by atoms with van der Waals surface area (Å²) in [6.45, 7) is 0. The van der Waals surface area contributed by atoms with E-state index in [1.807, 2.05) is 36.8 Å². The molecule has 1 aromatic heterocycles. The third-order valence-electron chi connectivity index (χ3n) is 2.01. The molecule has 0 fully saturated rings. The Kier molecular flexibility index (Phi) is 5.23. The van der Waals surface area contributed by atoms with Gasteiger partial charge in [-0.05, 0) is 36.4 Å². The summed E-state index contributed by atoms with van der Waals surface area (Å²) in [4.78, 5) is 15.1. The fourth-order valence-electron chi connectivity index (χ4n) is 1.19. The zero-order valence-electron chi connectivity index (χ0n) is 9.82. The van der Waals surface area contributed by atoms with Crippen molar-refractivity contribution in [3.05, 3.63) is 24.3 Å². The lowest BCUT2D eigenvalue weighted by molar-refractivity contribution is 0.719. The van der Waals surface area contributed by atoms with Crippen molar-refractivity contribution >= 4 is 47.9 Å². The molecule has 0 aliphatic carbocycles. The van der Waals surface area contributed by atoms with Gasteiger partial charge in [-0.3, -0.25) is 0 Å². The molecule has 2 rings (SSSR count). The van der Waals surface area contributed by atoms with Crippen LogP contribution in [-0.4, -0.2) is 27.5 Å². The van der Waals surface area contributed by atoms with E-state index >= 15 is 0 Å². The summed E-state index contributed by atoms with van der Waals surface area (Å²) in [5.74, 6) is 0. The van der Waals surface area contributed by atoms with Gasteiger partial charge in [0.1, 0.15) is 0 Å². The molecule has 0 amide bonds. The van der Waals surface area contributed by atoms with Crippen LogP contribution >= 0.6 is 47.9 Å². The fraction of sp³-hybridized carbons (Fsp3) is 0.182. The average Bonchev–Trinajstić information content (AvgIpc) is 2.41. The lowest BCUT2D eigenvalue weighted by Gasteiger charge is -2.05. The highest BCUT2D eigenvalue weighted by molar-refractivity contribution is 8.00. The maximum absolute atomic E-state index is 4.42. The summed E-state index contributed by atoms with van der Waals surface area (Å²) < 4.78 is 0. The van der Waals surface area contributed by atoms with Gasteiger partial charge in [-0.1, -0.05) is 35.7 Å². The summed E-state index contributed by atoms with van der Waals surface area (Å²) in [5, 5.41) is 2.20. The molecule has 0 aliphatic heterocycles. The van der Waals surface area contributed by atoms with Gasteiger partial charge in [-0.25, -0.2) is 0 Å². The van der Waals surface area contributed by atoms with Gasteiger partial charge in [0, 0.05) is 9.79 Å². The fourth-order valence-corrected chi connectivity index (χ4v) is 3.15. The number of thiol groups is 1. The van der Waals surface area contributed by atoms with E-state index in [1.165, 1.54) is 35.3 Å². The number of nitrogens with zero attached hydrogens (tertiary/aromatic N) is 3. The first kappa shape index (κ1) is 14.0. The predicted octanol–water partition coefficient (Wildman–Crippen LogP) is 3.76. The van der Waals surface area contributed by atoms with Crippen LogP contribution in [0.1, 0.15) is 0 Å². The standard InChI is InChI=1S/C11H11N3S4/c1-16-9-12-10(17-2)14-11(13-9)18-8-6-4-3-5-7(8)15/h3-6,15H,1-2H3. The van der Waals surface area contributed by atoms with E-state index in [-0.39, 0.29) is 0 Å². The molecular weight excluding hydrogens is 302 g/mol. The number of rotatable bonds is 4. The average molecular weight is 313 g/mol. The van der Waals surface area contributed by atoms with E-state index in [0.717, 1.165) is 20.1 Å². The van der Waals surface area contributed by atoms with Crippen molar-refractivity contribution in [2.45, 2.75) is 25.3 Å². The van der Waals surface area contributed by atoms with Crippen molar-refractivity contribution in [1.29, 1.82) is 0 Å². The Morgan fingerprint density at radius 1 is 0.889 bits per heavy atom. The number of aromatic nitrogens is 3. The molecule has 0 aliphatic rings. The minimum Gasteiger partial charge on any atom is -0.196 e. The van der Waals surface area contributed by atoms with Crippen LogP contribution in [0.2, 0.25) is 0 Å². The minimum absolute atomic E-state index is 0.709. The molecule has 0 N–H and O–H groups in total. The topological polar surface area (TPSA) is 38.7 Å². The molecule has 0 radical (unpaired) electrons. The molecule has 3 nitrogen and oxygen atoms in total. The minimum atomic E-state index is 0.709. The summed E-state index contributed by atoms with van der Waals surface area (Å²) in [7, 11) is 0. The lowest BCUT2D eigenvalue weighted by atomic mass is 10.4. The Morgan fingerprint density at radius 3 is 2.00 bits per heavy atom. The third-order valence-corrected chi connectivity index (χ3v) is 4.58. The van der Waals surface area contributed by atoms with E-state index in [1.54, 1.807) is 0 Å². The van der Waals surface area contributed by atoms with E-state index in [2.05, 4.69) is 27.6 Å². The predicted molar refractivity (Wildman–Crippen MR) is 81.2 cm³/mol. The smallest absolute Gasteiger partial charge is 0.196 e. The Bertz CT molecular complexity index is 525. The molecule has 0 saturated heterocycles. The Morgan fingerprint density at radius 2 is 1.44 bits per heavy atom. The van der Waals surface area contributed by atoms with Crippen LogP contribution in [0.3, 0.4) is 0 Å². The molecule has 0 bridgehead atoms. The Hall–Kier alpha value is -0.370. The molecule has 0 atom stereocenters. The molecule has 2 aromatic rings. The first-order chi connectivity index (χ1) is 8.72. The largest absolute Gasteiger partial charge is 0.197 e.